The summed E-state index contributed by atoms with van der Waals surface area (Å²) >= 11 is 0. The Hall–Kier alpha value is -2.62. The average Bonchev–Trinajstić information content (AvgIpc) is 2.45. The highest BCUT2D eigenvalue weighted by atomic mass is 16.4. The van der Waals surface area contributed by atoms with Crippen LogP contribution in [0.1, 0.15) is 43.0 Å². The Morgan fingerprint density at radius 3 is 1.23 bits per heavy atom. The summed E-state index contributed by atoms with van der Waals surface area (Å²) in [6.45, 7) is 7.45. The molecule has 4 heteroatoms. The molecule has 0 bridgehead atoms. The first-order valence-corrected chi connectivity index (χ1v) is 6.84. The molecule has 116 valence electrons. The van der Waals surface area contributed by atoms with Crippen LogP contribution in [0.3, 0.4) is 0 Å². The summed E-state index contributed by atoms with van der Waals surface area (Å²) in [6.07, 6.45) is 0. The number of hydrogen-bond donors (Lipinski definition) is 2. The highest BCUT2D eigenvalue weighted by Crippen LogP contribution is 2.12. The fourth-order valence-electron chi connectivity index (χ4n) is 1.97. The van der Waals surface area contributed by atoms with Gasteiger partial charge in [-0.3, -0.25) is 0 Å². The highest BCUT2D eigenvalue weighted by Gasteiger charge is 2.07. The SMILES string of the molecule is Cc1cccc(C(=O)O)c1C.Cc1cccc(C(=O)O)c1C. The molecule has 2 N–H and O–H groups in total. The maximum Gasteiger partial charge on any atom is 0.335 e. The third-order valence-electron chi connectivity index (χ3n) is 3.67. The molecular formula is C18H20O4. The summed E-state index contributed by atoms with van der Waals surface area (Å²) in [5.41, 5.74) is 4.52. The molecule has 0 unspecified atom stereocenters. The zero-order chi connectivity index (χ0) is 16.9. The van der Waals surface area contributed by atoms with Gasteiger partial charge in [0.15, 0.2) is 0 Å². The molecule has 0 atom stereocenters. The zero-order valence-corrected chi connectivity index (χ0v) is 13.2. The lowest BCUT2D eigenvalue weighted by molar-refractivity contribution is 0.0685. The van der Waals surface area contributed by atoms with Gasteiger partial charge < -0.3 is 10.2 Å². The minimum absolute atomic E-state index is 0.394. The second-order valence-corrected chi connectivity index (χ2v) is 5.11. The van der Waals surface area contributed by atoms with Gasteiger partial charge in [-0.2, -0.15) is 0 Å². The van der Waals surface area contributed by atoms with Crippen molar-refractivity contribution in [2.45, 2.75) is 27.7 Å². The van der Waals surface area contributed by atoms with Crippen LogP contribution in [0, 0.1) is 27.7 Å². The molecule has 0 aromatic heterocycles. The van der Waals surface area contributed by atoms with Crippen LogP contribution in [0.2, 0.25) is 0 Å². The Labute approximate surface area is 130 Å². The molecule has 22 heavy (non-hydrogen) atoms. The van der Waals surface area contributed by atoms with Gasteiger partial charge in [-0.25, -0.2) is 9.59 Å². The molecule has 0 aliphatic rings. The number of carbonyl (C=O) groups is 2. The predicted octanol–water partition coefficient (Wildman–Crippen LogP) is 4.00. The molecule has 4 nitrogen and oxygen atoms in total. The van der Waals surface area contributed by atoms with E-state index in [0.717, 1.165) is 22.3 Å². The van der Waals surface area contributed by atoms with E-state index < -0.39 is 11.9 Å². The summed E-state index contributed by atoms with van der Waals surface area (Å²) in [6, 6.07) is 10.6. The normalized spacial score (nSPS) is 9.64. The Balaban J connectivity index is 0.000000220. The van der Waals surface area contributed by atoms with E-state index in [1.54, 1.807) is 24.3 Å². The zero-order valence-electron chi connectivity index (χ0n) is 13.2. The average molecular weight is 300 g/mol. The van der Waals surface area contributed by atoms with Crippen molar-refractivity contribution in [1.82, 2.24) is 0 Å². The van der Waals surface area contributed by atoms with Crippen LogP contribution in [0.5, 0.6) is 0 Å². The van der Waals surface area contributed by atoms with Crippen molar-refractivity contribution in [2.24, 2.45) is 0 Å². The Morgan fingerprint density at radius 2 is 1.00 bits per heavy atom. The largest absolute Gasteiger partial charge is 0.478 e. The van der Waals surface area contributed by atoms with Crippen LogP contribution in [-0.2, 0) is 0 Å². The summed E-state index contributed by atoms with van der Waals surface area (Å²) in [5, 5.41) is 17.4. The third-order valence-corrected chi connectivity index (χ3v) is 3.67. The molecule has 0 saturated heterocycles. The van der Waals surface area contributed by atoms with E-state index in [0.29, 0.717) is 11.1 Å². The quantitative estimate of drug-likeness (QED) is 0.879. The molecule has 0 spiro atoms. The smallest absolute Gasteiger partial charge is 0.335 e. The van der Waals surface area contributed by atoms with Gasteiger partial charge in [0.2, 0.25) is 0 Å². The number of benzene rings is 2. The summed E-state index contributed by atoms with van der Waals surface area (Å²) < 4.78 is 0. The Bertz CT molecular complexity index is 641. The standard InChI is InChI=1S/2C9H10O2/c2*1-6-4-3-5-8(7(6)2)9(10)11/h2*3-5H,1-2H3,(H,10,11). The molecule has 0 aliphatic carbocycles. The van der Waals surface area contributed by atoms with E-state index in [1.807, 2.05) is 39.8 Å². The van der Waals surface area contributed by atoms with E-state index in [1.165, 1.54) is 0 Å². The lowest BCUT2D eigenvalue weighted by Gasteiger charge is -2.02. The van der Waals surface area contributed by atoms with Crippen LogP contribution < -0.4 is 0 Å². The second kappa shape index (κ2) is 7.41. The van der Waals surface area contributed by atoms with Crippen LogP contribution in [0.15, 0.2) is 36.4 Å². The van der Waals surface area contributed by atoms with Crippen molar-refractivity contribution in [3.63, 3.8) is 0 Å². The number of rotatable bonds is 2. The van der Waals surface area contributed by atoms with Gasteiger partial charge in [0.05, 0.1) is 11.1 Å². The van der Waals surface area contributed by atoms with Crippen molar-refractivity contribution in [1.29, 1.82) is 0 Å². The van der Waals surface area contributed by atoms with Gasteiger partial charge >= 0.3 is 11.9 Å². The summed E-state index contributed by atoms with van der Waals surface area (Å²) in [5.74, 6) is -1.71. The Morgan fingerprint density at radius 1 is 0.682 bits per heavy atom. The molecule has 0 fully saturated rings. The summed E-state index contributed by atoms with van der Waals surface area (Å²) in [4.78, 5) is 21.1. The van der Waals surface area contributed by atoms with Gasteiger partial charge in [0.25, 0.3) is 0 Å². The maximum absolute atomic E-state index is 10.6. The van der Waals surface area contributed by atoms with E-state index in [2.05, 4.69) is 0 Å². The number of aryl methyl sites for hydroxylation is 2. The number of carboxylic acid groups (broad SMARTS) is 2. The molecule has 0 aliphatic heterocycles. The van der Waals surface area contributed by atoms with Crippen molar-refractivity contribution in [2.75, 3.05) is 0 Å². The van der Waals surface area contributed by atoms with E-state index in [9.17, 15) is 9.59 Å². The lowest BCUT2D eigenvalue weighted by Crippen LogP contribution is -2.00. The van der Waals surface area contributed by atoms with Gasteiger partial charge in [0, 0.05) is 0 Å². The molecular weight excluding hydrogens is 280 g/mol. The summed E-state index contributed by atoms with van der Waals surface area (Å²) in [7, 11) is 0. The lowest BCUT2D eigenvalue weighted by atomic mass is 10.0. The van der Waals surface area contributed by atoms with Crippen LogP contribution in [-0.4, -0.2) is 22.2 Å². The third kappa shape index (κ3) is 4.19. The first-order chi connectivity index (χ1) is 10.3. The van der Waals surface area contributed by atoms with E-state index in [4.69, 9.17) is 10.2 Å². The first-order valence-electron chi connectivity index (χ1n) is 6.84. The minimum atomic E-state index is -0.855. The van der Waals surface area contributed by atoms with Crippen molar-refractivity contribution in [3.8, 4) is 0 Å². The number of aromatic carboxylic acids is 2. The van der Waals surface area contributed by atoms with Gasteiger partial charge in [-0.15, -0.1) is 0 Å². The molecule has 0 radical (unpaired) electrons. The molecule has 0 amide bonds. The molecule has 2 aromatic rings. The minimum Gasteiger partial charge on any atom is -0.478 e. The first kappa shape index (κ1) is 17.4. The number of hydrogen-bond acceptors (Lipinski definition) is 2. The Kier molecular flexibility index (Phi) is 5.87. The van der Waals surface area contributed by atoms with Gasteiger partial charge in [0.1, 0.15) is 0 Å². The van der Waals surface area contributed by atoms with Crippen molar-refractivity contribution < 1.29 is 19.8 Å². The molecule has 0 heterocycles. The fraction of sp³-hybridized carbons (Fsp3) is 0.222. The monoisotopic (exact) mass is 300 g/mol. The molecule has 0 saturated carbocycles. The van der Waals surface area contributed by atoms with E-state index in [-0.39, 0.29) is 0 Å². The van der Waals surface area contributed by atoms with Crippen LogP contribution in [0.4, 0.5) is 0 Å². The highest BCUT2D eigenvalue weighted by molar-refractivity contribution is 5.90. The molecule has 2 aromatic carbocycles. The molecule has 2 rings (SSSR count). The van der Waals surface area contributed by atoms with E-state index >= 15 is 0 Å². The van der Waals surface area contributed by atoms with Crippen molar-refractivity contribution in [3.05, 3.63) is 69.8 Å². The van der Waals surface area contributed by atoms with Gasteiger partial charge in [-0.1, -0.05) is 24.3 Å². The fourth-order valence-corrected chi connectivity index (χ4v) is 1.97. The van der Waals surface area contributed by atoms with Crippen LogP contribution in [0.25, 0.3) is 0 Å². The topological polar surface area (TPSA) is 74.6 Å². The van der Waals surface area contributed by atoms with Gasteiger partial charge in [-0.05, 0) is 62.1 Å². The second-order valence-electron chi connectivity index (χ2n) is 5.11. The van der Waals surface area contributed by atoms with Crippen LogP contribution >= 0.6 is 0 Å². The number of carboxylic acids is 2. The predicted molar refractivity (Wildman–Crippen MR) is 85.8 cm³/mol. The van der Waals surface area contributed by atoms with Crippen molar-refractivity contribution >= 4 is 11.9 Å². The maximum atomic E-state index is 10.6.